The van der Waals surface area contributed by atoms with Crippen LogP contribution in [0.2, 0.25) is 0 Å². The van der Waals surface area contributed by atoms with Crippen LogP contribution < -0.4 is 19.5 Å². The average molecular weight is 542 g/mol. The van der Waals surface area contributed by atoms with Gasteiger partial charge in [0.2, 0.25) is 18.6 Å². The minimum atomic E-state index is -0.900. The Morgan fingerprint density at radius 3 is 2.73 bits per heavy atom. The molecule has 2 aliphatic rings. The van der Waals surface area contributed by atoms with E-state index >= 15 is 0 Å². The third kappa shape index (κ3) is 5.29. The molecule has 0 bridgehead atoms. The number of hydrogen-bond donors (Lipinski definition) is 1. The summed E-state index contributed by atoms with van der Waals surface area (Å²) in [7, 11) is 1.58. The molecule has 4 aromatic rings. The van der Waals surface area contributed by atoms with Crippen LogP contribution in [0.15, 0.2) is 66.7 Å². The molecule has 2 amide bonds. The molecule has 6 rings (SSSR count). The molecule has 1 unspecified atom stereocenters. The quantitative estimate of drug-likeness (QED) is 0.341. The van der Waals surface area contributed by atoms with Crippen LogP contribution in [0.3, 0.4) is 0 Å². The van der Waals surface area contributed by atoms with Gasteiger partial charge in [0.25, 0.3) is 0 Å². The first-order valence-electron chi connectivity index (χ1n) is 13.5. The zero-order valence-electron chi connectivity index (χ0n) is 22.3. The molecule has 3 aromatic carbocycles. The fourth-order valence-electron chi connectivity index (χ4n) is 5.45. The van der Waals surface area contributed by atoms with Crippen LogP contribution in [0.1, 0.15) is 42.9 Å². The van der Waals surface area contributed by atoms with Crippen LogP contribution in [0, 0.1) is 0 Å². The van der Waals surface area contributed by atoms with Gasteiger partial charge in [-0.05, 0) is 60.4 Å². The molecule has 40 heavy (non-hydrogen) atoms. The third-order valence-corrected chi connectivity index (χ3v) is 7.49. The Morgan fingerprint density at radius 1 is 1.05 bits per heavy atom. The van der Waals surface area contributed by atoms with E-state index in [0.717, 1.165) is 36.8 Å². The predicted molar refractivity (Wildman–Crippen MR) is 147 cm³/mol. The van der Waals surface area contributed by atoms with Gasteiger partial charge in [-0.2, -0.15) is 0 Å². The minimum Gasteiger partial charge on any atom is -0.497 e. The first kappa shape index (κ1) is 25.7. The minimum absolute atomic E-state index is 0.0811. The maximum Gasteiger partial charge on any atom is 0.247 e. The standard InChI is InChI=1S/C30H31N5O5/c1-38-23-10-6-7-21(16-23)29(30(37)31-22-8-2-3-9-22)34(17-20-13-14-26-27(15-20)40-19-39-26)28(36)18-35-25-12-5-4-11-24(25)32-33-35/h4-7,10-16,22,29H,2-3,8-9,17-19H2,1H3,(H,31,37). The van der Waals surface area contributed by atoms with Crippen LogP contribution >= 0.6 is 0 Å². The van der Waals surface area contributed by atoms with Gasteiger partial charge < -0.3 is 24.4 Å². The molecule has 1 aliphatic heterocycles. The average Bonchev–Trinajstić information content (AvgIpc) is 3.74. The van der Waals surface area contributed by atoms with Gasteiger partial charge in [0.15, 0.2) is 11.5 Å². The van der Waals surface area contributed by atoms with Crippen LogP contribution in [-0.4, -0.2) is 51.7 Å². The molecule has 1 aromatic heterocycles. The van der Waals surface area contributed by atoms with E-state index in [9.17, 15) is 9.59 Å². The molecule has 206 valence electrons. The fraction of sp³-hybridized carbons (Fsp3) is 0.333. The number of nitrogens with one attached hydrogen (secondary N) is 1. The van der Waals surface area contributed by atoms with Crippen LogP contribution in [0.5, 0.6) is 17.2 Å². The molecule has 1 aliphatic carbocycles. The van der Waals surface area contributed by atoms with Crippen molar-refractivity contribution in [3.05, 3.63) is 77.9 Å². The van der Waals surface area contributed by atoms with Gasteiger partial charge in [-0.3, -0.25) is 9.59 Å². The number of para-hydroxylation sites is 1. The molecule has 1 atom stereocenters. The summed E-state index contributed by atoms with van der Waals surface area (Å²) in [5.41, 5.74) is 2.91. The second-order valence-corrected chi connectivity index (χ2v) is 10.1. The Balaban J connectivity index is 1.39. The zero-order valence-corrected chi connectivity index (χ0v) is 22.3. The monoisotopic (exact) mass is 541 g/mol. The molecular weight excluding hydrogens is 510 g/mol. The lowest BCUT2D eigenvalue weighted by Crippen LogP contribution is -2.46. The molecule has 1 N–H and O–H groups in total. The number of aromatic nitrogens is 3. The highest BCUT2D eigenvalue weighted by Gasteiger charge is 2.34. The highest BCUT2D eigenvalue weighted by atomic mass is 16.7. The number of benzene rings is 3. The van der Waals surface area contributed by atoms with Gasteiger partial charge in [-0.15, -0.1) is 5.10 Å². The van der Waals surface area contributed by atoms with Crippen molar-refractivity contribution in [2.45, 2.75) is 50.9 Å². The van der Waals surface area contributed by atoms with E-state index in [1.165, 1.54) is 0 Å². The van der Waals surface area contributed by atoms with E-state index in [-0.39, 0.29) is 37.7 Å². The Hall–Kier alpha value is -4.60. The van der Waals surface area contributed by atoms with Gasteiger partial charge in [0.05, 0.1) is 12.6 Å². The van der Waals surface area contributed by atoms with Crippen LogP contribution in [0.25, 0.3) is 11.0 Å². The molecule has 0 spiro atoms. The molecule has 0 saturated heterocycles. The van der Waals surface area contributed by atoms with Crippen LogP contribution in [-0.2, 0) is 22.7 Å². The first-order valence-corrected chi connectivity index (χ1v) is 13.5. The van der Waals surface area contributed by atoms with Gasteiger partial charge in [-0.25, -0.2) is 4.68 Å². The zero-order chi connectivity index (χ0) is 27.5. The van der Waals surface area contributed by atoms with Crippen molar-refractivity contribution in [2.75, 3.05) is 13.9 Å². The molecule has 2 heterocycles. The van der Waals surface area contributed by atoms with E-state index in [2.05, 4.69) is 15.6 Å². The van der Waals surface area contributed by atoms with E-state index in [1.807, 2.05) is 66.7 Å². The van der Waals surface area contributed by atoms with Crippen LogP contribution in [0.4, 0.5) is 0 Å². The van der Waals surface area contributed by atoms with Crippen molar-refractivity contribution in [3.8, 4) is 17.2 Å². The van der Waals surface area contributed by atoms with Gasteiger partial charge in [0.1, 0.15) is 23.9 Å². The van der Waals surface area contributed by atoms with Gasteiger partial charge in [-0.1, -0.05) is 48.4 Å². The summed E-state index contributed by atoms with van der Waals surface area (Å²) in [6, 6.07) is 19.5. The highest BCUT2D eigenvalue weighted by molar-refractivity contribution is 5.89. The molecule has 1 saturated carbocycles. The number of methoxy groups -OCH3 is 1. The fourth-order valence-corrected chi connectivity index (χ4v) is 5.45. The number of carbonyl (C=O) groups is 2. The van der Waals surface area contributed by atoms with E-state index in [1.54, 1.807) is 16.7 Å². The second-order valence-electron chi connectivity index (χ2n) is 10.1. The van der Waals surface area contributed by atoms with Crippen molar-refractivity contribution in [3.63, 3.8) is 0 Å². The maximum atomic E-state index is 14.2. The number of ether oxygens (including phenoxy) is 3. The highest BCUT2D eigenvalue weighted by Crippen LogP contribution is 2.34. The predicted octanol–water partition coefficient (Wildman–Crippen LogP) is 4.00. The summed E-state index contributed by atoms with van der Waals surface area (Å²) in [6.07, 6.45) is 4.01. The van der Waals surface area contributed by atoms with Gasteiger partial charge >= 0.3 is 0 Å². The van der Waals surface area contributed by atoms with E-state index in [4.69, 9.17) is 14.2 Å². The summed E-state index contributed by atoms with van der Waals surface area (Å²) in [6.45, 7) is 0.237. The third-order valence-electron chi connectivity index (χ3n) is 7.49. The second kappa shape index (κ2) is 11.3. The number of nitrogens with zero attached hydrogens (tertiary/aromatic N) is 4. The Bertz CT molecular complexity index is 1530. The normalized spacial score (nSPS) is 15.2. The smallest absolute Gasteiger partial charge is 0.247 e. The summed E-state index contributed by atoms with van der Waals surface area (Å²) in [4.78, 5) is 29.8. The summed E-state index contributed by atoms with van der Waals surface area (Å²) in [5.74, 6) is 1.37. The largest absolute Gasteiger partial charge is 0.497 e. The summed E-state index contributed by atoms with van der Waals surface area (Å²) < 4.78 is 18.1. The first-order chi connectivity index (χ1) is 19.6. The number of amides is 2. The summed E-state index contributed by atoms with van der Waals surface area (Å²) >= 11 is 0. The van der Waals surface area contributed by atoms with Gasteiger partial charge in [0, 0.05) is 12.6 Å². The maximum absolute atomic E-state index is 14.2. The molecule has 10 heteroatoms. The topological polar surface area (TPSA) is 108 Å². The number of carbonyl (C=O) groups excluding carboxylic acids is 2. The number of hydrogen-bond acceptors (Lipinski definition) is 7. The molecule has 0 radical (unpaired) electrons. The number of fused-ring (bicyclic) bond motifs is 2. The molecule has 1 fully saturated rings. The Labute approximate surface area is 231 Å². The molecular formula is C30H31N5O5. The van der Waals surface area contributed by atoms with Crippen molar-refractivity contribution in [1.29, 1.82) is 0 Å². The van der Waals surface area contributed by atoms with E-state index < -0.39 is 6.04 Å². The summed E-state index contributed by atoms with van der Waals surface area (Å²) in [5, 5.41) is 11.6. The van der Waals surface area contributed by atoms with Crippen molar-refractivity contribution < 1.29 is 23.8 Å². The Morgan fingerprint density at radius 2 is 1.88 bits per heavy atom. The number of rotatable bonds is 9. The van der Waals surface area contributed by atoms with Crippen molar-refractivity contribution >= 4 is 22.8 Å². The van der Waals surface area contributed by atoms with Crippen molar-refractivity contribution in [1.82, 2.24) is 25.2 Å². The lowest BCUT2D eigenvalue weighted by atomic mass is 10.0. The van der Waals surface area contributed by atoms with Crippen molar-refractivity contribution in [2.24, 2.45) is 0 Å². The lowest BCUT2D eigenvalue weighted by Gasteiger charge is -2.32. The Kier molecular flexibility index (Phi) is 7.22. The molecule has 10 nitrogen and oxygen atoms in total. The SMILES string of the molecule is COc1cccc(C(C(=O)NC2CCCC2)N(Cc2ccc3c(c2)OCO3)C(=O)Cn2nnc3ccccc32)c1. The lowest BCUT2D eigenvalue weighted by molar-refractivity contribution is -0.142. The van der Waals surface area contributed by atoms with E-state index in [0.29, 0.717) is 28.3 Å².